The molecule has 1 N–H and O–H groups in total. The van der Waals surface area contributed by atoms with Crippen molar-refractivity contribution in [3.63, 3.8) is 0 Å². The second-order valence-corrected chi connectivity index (χ2v) is 6.87. The van der Waals surface area contributed by atoms with Crippen LogP contribution in [0, 0.1) is 11.8 Å². The van der Waals surface area contributed by atoms with E-state index in [0.717, 1.165) is 25.7 Å². The second kappa shape index (κ2) is 4.89. The Balaban J connectivity index is 1.61. The van der Waals surface area contributed by atoms with E-state index in [2.05, 4.69) is 19.2 Å². The van der Waals surface area contributed by atoms with E-state index < -0.39 is 0 Å². The van der Waals surface area contributed by atoms with Gasteiger partial charge in [-0.3, -0.25) is 14.5 Å². The molecule has 1 aliphatic heterocycles. The first-order chi connectivity index (χ1) is 9.04. The highest BCUT2D eigenvalue weighted by Crippen LogP contribution is 2.33. The van der Waals surface area contributed by atoms with E-state index in [1.165, 1.54) is 11.3 Å². The molecular formula is C15H24N2O2. The van der Waals surface area contributed by atoms with Gasteiger partial charge >= 0.3 is 0 Å². The molecule has 0 aromatic rings. The summed E-state index contributed by atoms with van der Waals surface area (Å²) in [5, 5.41) is 3.46. The maximum Gasteiger partial charge on any atom is 0.247 e. The number of hydrogen-bond acceptors (Lipinski definition) is 3. The maximum atomic E-state index is 12.3. The lowest BCUT2D eigenvalue weighted by molar-refractivity contribution is -0.139. The zero-order valence-electron chi connectivity index (χ0n) is 11.9. The molecule has 0 radical (unpaired) electrons. The van der Waals surface area contributed by atoms with Crippen LogP contribution in [0.15, 0.2) is 0 Å². The predicted molar refractivity (Wildman–Crippen MR) is 72.4 cm³/mol. The average Bonchev–Trinajstić information content (AvgIpc) is 3.07. The van der Waals surface area contributed by atoms with Gasteiger partial charge in [0.05, 0.1) is 12.5 Å². The molecule has 2 saturated carbocycles. The molecule has 2 aliphatic carbocycles. The molecule has 1 saturated heterocycles. The van der Waals surface area contributed by atoms with Gasteiger partial charge in [0.1, 0.15) is 0 Å². The van der Waals surface area contributed by atoms with Crippen molar-refractivity contribution in [2.45, 2.75) is 70.5 Å². The Morgan fingerprint density at radius 2 is 1.68 bits per heavy atom. The fraction of sp³-hybridized carbons (Fsp3) is 0.867. The Morgan fingerprint density at radius 1 is 1.05 bits per heavy atom. The third kappa shape index (κ3) is 2.69. The molecule has 0 aromatic carbocycles. The van der Waals surface area contributed by atoms with Crippen molar-refractivity contribution in [1.82, 2.24) is 10.2 Å². The zero-order valence-corrected chi connectivity index (χ0v) is 11.9. The number of nitrogens with one attached hydrogen (secondary N) is 1. The van der Waals surface area contributed by atoms with Crippen molar-refractivity contribution in [2.24, 2.45) is 11.8 Å². The summed E-state index contributed by atoms with van der Waals surface area (Å²) in [6.07, 6.45) is 5.92. The maximum absolute atomic E-state index is 12.3. The fourth-order valence-corrected chi connectivity index (χ4v) is 3.87. The molecule has 0 aromatic heterocycles. The SMILES string of the molecule is CC1CC(C)CC(NC2CC(=O)N(C3CC3)C2=O)C1. The number of nitrogens with zero attached hydrogens (tertiary/aromatic N) is 1. The van der Waals surface area contributed by atoms with Gasteiger partial charge in [0.25, 0.3) is 0 Å². The number of amides is 2. The van der Waals surface area contributed by atoms with Crippen LogP contribution in [0.2, 0.25) is 0 Å². The molecular weight excluding hydrogens is 240 g/mol. The number of hydrogen-bond donors (Lipinski definition) is 1. The fourth-order valence-electron chi connectivity index (χ4n) is 3.87. The average molecular weight is 264 g/mol. The Morgan fingerprint density at radius 3 is 2.26 bits per heavy atom. The van der Waals surface area contributed by atoms with Gasteiger partial charge in [-0.1, -0.05) is 13.8 Å². The summed E-state index contributed by atoms with van der Waals surface area (Å²) in [4.78, 5) is 25.7. The molecule has 0 spiro atoms. The summed E-state index contributed by atoms with van der Waals surface area (Å²) in [5.41, 5.74) is 0. The van der Waals surface area contributed by atoms with Gasteiger partial charge in [-0.25, -0.2) is 0 Å². The molecule has 3 atom stereocenters. The third-order valence-corrected chi connectivity index (χ3v) is 4.71. The van der Waals surface area contributed by atoms with E-state index in [1.54, 1.807) is 0 Å². The topological polar surface area (TPSA) is 49.4 Å². The lowest BCUT2D eigenvalue weighted by Crippen LogP contribution is -2.46. The van der Waals surface area contributed by atoms with Crippen LogP contribution in [0.25, 0.3) is 0 Å². The van der Waals surface area contributed by atoms with E-state index in [9.17, 15) is 9.59 Å². The van der Waals surface area contributed by atoms with Crippen LogP contribution in [0.4, 0.5) is 0 Å². The van der Waals surface area contributed by atoms with Gasteiger partial charge in [-0.15, -0.1) is 0 Å². The quantitative estimate of drug-likeness (QED) is 0.789. The van der Waals surface area contributed by atoms with Crippen molar-refractivity contribution in [3.05, 3.63) is 0 Å². The molecule has 3 aliphatic rings. The summed E-state index contributed by atoms with van der Waals surface area (Å²) >= 11 is 0. The summed E-state index contributed by atoms with van der Waals surface area (Å²) in [6.45, 7) is 4.56. The monoisotopic (exact) mass is 264 g/mol. The first-order valence-corrected chi connectivity index (χ1v) is 7.66. The normalized spacial score (nSPS) is 40.0. The Kier molecular flexibility index (Phi) is 3.37. The van der Waals surface area contributed by atoms with Crippen LogP contribution in [-0.4, -0.2) is 34.8 Å². The van der Waals surface area contributed by atoms with E-state index in [4.69, 9.17) is 0 Å². The molecule has 4 heteroatoms. The molecule has 1 heterocycles. The van der Waals surface area contributed by atoms with Gasteiger partial charge in [0.15, 0.2) is 0 Å². The smallest absolute Gasteiger partial charge is 0.247 e. The van der Waals surface area contributed by atoms with Crippen LogP contribution < -0.4 is 5.32 Å². The standard InChI is InChI=1S/C15H24N2O2/c1-9-5-10(2)7-11(6-9)16-13-8-14(18)17(15(13)19)12-3-4-12/h9-13,16H,3-8H2,1-2H3. The third-order valence-electron chi connectivity index (χ3n) is 4.71. The summed E-state index contributed by atoms with van der Waals surface area (Å²) in [6, 6.07) is 0.367. The highest BCUT2D eigenvalue weighted by molar-refractivity contribution is 6.06. The Labute approximate surface area is 114 Å². The number of carbonyl (C=O) groups is 2. The molecule has 0 bridgehead atoms. The minimum Gasteiger partial charge on any atom is -0.303 e. The molecule has 19 heavy (non-hydrogen) atoms. The van der Waals surface area contributed by atoms with Gasteiger partial charge in [-0.2, -0.15) is 0 Å². The van der Waals surface area contributed by atoms with Crippen LogP contribution in [0.1, 0.15) is 52.4 Å². The summed E-state index contributed by atoms with van der Waals surface area (Å²) in [7, 11) is 0. The first-order valence-electron chi connectivity index (χ1n) is 7.66. The van der Waals surface area contributed by atoms with Crippen molar-refractivity contribution in [2.75, 3.05) is 0 Å². The Bertz CT molecular complexity index is 382. The van der Waals surface area contributed by atoms with Crippen molar-refractivity contribution >= 4 is 11.8 Å². The van der Waals surface area contributed by atoms with Crippen LogP contribution in [0.5, 0.6) is 0 Å². The molecule has 2 amide bonds. The zero-order chi connectivity index (χ0) is 13.6. The van der Waals surface area contributed by atoms with Gasteiger partial charge in [0, 0.05) is 12.1 Å². The predicted octanol–water partition coefficient (Wildman–Crippen LogP) is 1.69. The summed E-state index contributed by atoms with van der Waals surface area (Å²) in [5.74, 6) is 1.49. The van der Waals surface area contributed by atoms with Crippen molar-refractivity contribution in [3.8, 4) is 0 Å². The number of carbonyl (C=O) groups excluding carboxylic acids is 2. The minimum atomic E-state index is -0.254. The first kappa shape index (κ1) is 13.1. The highest BCUT2D eigenvalue weighted by Gasteiger charge is 2.46. The number of rotatable bonds is 3. The summed E-state index contributed by atoms with van der Waals surface area (Å²) < 4.78 is 0. The molecule has 3 fully saturated rings. The van der Waals surface area contributed by atoms with E-state index in [-0.39, 0.29) is 23.9 Å². The Hall–Kier alpha value is -0.900. The van der Waals surface area contributed by atoms with E-state index >= 15 is 0 Å². The number of likely N-dealkylation sites (tertiary alicyclic amines) is 1. The van der Waals surface area contributed by atoms with E-state index in [1.807, 2.05) is 0 Å². The van der Waals surface area contributed by atoms with Crippen LogP contribution in [-0.2, 0) is 9.59 Å². The minimum absolute atomic E-state index is 0.0263. The van der Waals surface area contributed by atoms with Gasteiger partial charge in [0.2, 0.25) is 11.8 Å². The van der Waals surface area contributed by atoms with E-state index in [0.29, 0.717) is 24.3 Å². The van der Waals surface area contributed by atoms with Gasteiger partial charge in [-0.05, 0) is 43.9 Å². The van der Waals surface area contributed by atoms with Crippen molar-refractivity contribution in [1.29, 1.82) is 0 Å². The lowest BCUT2D eigenvalue weighted by Gasteiger charge is -2.33. The molecule has 3 rings (SSSR count). The molecule has 106 valence electrons. The van der Waals surface area contributed by atoms with Crippen molar-refractivity contribution < 1.29 is 9.59 Å². The highest BCUT2D eigenvalue weighted by atomic mass is 16.2. The molecule has 4 nitrogen and oxygen atoms in total. The van der Waals surface area contributed by atoms with Gasteiger partial charge < -0.3 is 5.32 Å². The lowest BCUT2D eigenvalue weighted by atomic mass is 9.80. The number of imide groups is 1. The second-order valence-electron chi connectivity index (χ2n) is 6.87. The van der Waals surface area contributed by atoms with Crippen LogP contribution >= 0.6 is 0 Å². The largest absolute Gasteiger partial charge is 0.303 e. The molecule has 3 unspecified atom stereocenters. The van der Waals surface area contributed by atoms with Crippen LogP contribution in [0.3, 0.4) is 0 Å².